The molecule has 4 nitrogen and oxygen atoms in total. The molecule has 2 aliphatic heterocycles. The summed E-state index contributed by atoms with van der Waals surface area (Å²) in [5, 5.41) is 8.14. The van der Waals surface area contributed by atoms with Crippen molar-refractivity contribution >= 4 is 16.9 Å². The third-order valence-electron chi connectivity index (χ3n) is 6.33. The maximum atomic E-state index is 4.92. The van der Waals surface area contributed by atoms with Crippen LogP contribution in [0.3, 0.4) is 0 Å². The van der Waals surface area contributed by atoms with Gasteiger partial charge in [0.25, 0.3) is 0 Å². The fraction of sp³-hybridized carbons (Fsp3) is 0.542. The van der Waals surface area contributed by atoms with Gasteiger partial charge in [0.05, 0.1) is 17.9 Å². The number of nitrogens with zero attached hydrogens (tertiary/aromatic N) is 2. The van der Waals surface area contributed by atoms with Crippen LogP contribution >= 0.6 is 11.8 Å². The van der Waals surface area contributed by atoms with Crippen molar-refractivity contribution in [3.63, 3.8) is 0 Å². The highest BCUT2D eigenvalue weighted by molar-refractivity contribution is 8.17. The summed E-state index contributed by atoms with van der Waals surface area (Å²) >= 11 is 1.84. The van der Waals surface area contributed by atoms with Crippen LogP contribution in [0.1, 0.15) is 71.1 Å². The summed E-state index contributed by atoms with van der Waals surface area (Å²) in [6.45, 7) is 15.7. The van der Waals surface area contributed by atoms with E-state index in [4.69, 9.17) is 4.99 Å². The molecule has 29 heavy (non-hydrogen) atoms. The number of fused-ring (bicyclic) bond motifs is 2. The van der Waals surface area contributed by atoms with Gasteiger partial charge in [-0.1, -0.05) is 57.2 Å². The topological polar surface area (TPSA) is 39.7 Å². The minimum absolute atomic E-state index is 0.575. The van der Waals surface area contributed by atoms with Crippen LogP contribution in [0, 0.1) is 0 Å². The van der Waals surface area contributed by atoms with Crippen molar-refractivity contribution in [3.8, 4) is 0 Å². The molecule has 2 heterocycles. The number of thioether (sulfide) groups is 1. The van der Waals surface area contributed by atoms with E-state index in [9.17, 15) is 0 Å². The van der Waals surface area contributed by atoms with Crippen LogP contribution in [0.25, 0.3) is 0 Å². The fourth-order valence-corrected chi connectivity index (χ4v) is 6.08. The van der Waals surface area contributed by atoms with Gasteiger partial charge in [-0.05, 0) is 45.4 Å². The van der Waals surface area contributed by atoms with Crippen LogP contribution in [0.4, 0.5) is 0 Å². The van der Waals surface area contributed by atoms with Gasteiger partial charge < -0.3 is 10.6 Å². The maximum absolute atomic E-state index is 4.92. The Hall–Kier alpha value is -1.88. The second kappa shape index (κ2) is 8.86. The average Bonchev–Trinajstić information content (AvgIpc) is 2.88. The van der Waals surface area contributed by atoms with Crippen LogP contribution in [-0.4, -0.2) is 22.7 Å². The Morgan fingerprint density at radius 3 is 2.62 bits per heavy atom. The summed E-state index contributed by atoms with van der Waals surface area (Å²) in [6, 6.07) is 0.575. The Labute approximate surface area is 180 Å². The molecule has 0 amide bonds. The fourth-order valence-electron chi connectivity index (χ4n) is 4.81. The standard InChI is InChI=1S/C24H34N4S/c1-16(26-20-11-7-5-8-12-20)15-25-17(2)23-18(3)27-24-28(19(23)4)21-13-9-6-10-14-22(21)29-24/h20,25-26H,1-2,4-15H2,3H3. The van der Waals surface area contributed by atoms with E-state index < -0.39 is 0 Å². The van der Waals surface area contributed by atoms with Crippen molar-refractivity contribution in [2.24, 2.45) is 4.99 Å². The van der Waals surface area contributed by atoms with E-state index in [2.05, 4.69) is 42.2 Å². The van der Waals surface area contributed by atoms with Gasteiger partial charge in [0.15, 0.2) is 5.17 Å². The Balaban J connectivity index is 1.40. The molecule has 1 fully saturated rings. The van der Waals surface area contributed by atoms with E-state index in [0.29, 0.717) is 12.6 Å². The number of aliphatic imine (C=N–C) groups is 1. The summed E-state index contributed by atoms with van der Waals surface area (Å²) in [7, 11) is 0. The number of amidine groups is 1. The van der Waals surface area contributed by atoms with Crippen molar-refractivity contribution < 1.29 is 0 Å². The van der Waals surface area contributed by atoms with Crippen LogP contribution in [0.2, 0.25) is 0 Å². The summed E-state index contributed by atoms with van der Waals surface area (Å²) in [4.78, 5) is 8.69. The molecule has 1 saturated carbocycles. The SMILES string of the molecule is C=C(CNC(=C)C1=C(C)N=C2SC3=C(CCCCC3)N2C1=C)NC1CCCCC1. The van der Waals surface area contributed by atoms with Crippen molar-refractivity contribution in [2.75, 3.05) is 6.54 Å². The molecule has 4 aliphatic rings. The minimum atomic E-state index is 0.575. The van der Waals surface area contributed by atoms with Gasteiger partial charge >= 0.3 is 0 Å². The molecule has 4 rings (SSSR count). The third-order valence-corrected chi connectivity index (χ3v) is 7.47. The molecule has 0 saturated heterocycles. The van der Waals surface area contributed by atoms with Crippen LogP contribution < -0.4 is 10.6 Å². The zero-order valence-electron chi connectivity index (χ0n) is 17.8. The molecule has 0 aromatic carbocycles. The van der Waals surface area contributed by atoms with E-state index in [1.165, 1.54) is 68.4 Å². The van der Waals surface area contributed by atoms with Crippen molar-refractivity contribution in [1.29, 1.82) is 0 Å². The van der Waals surface area contributed by atoms with Gasteiger partial charge in [-0.15, -0.1) is 0 Å². The molecular formula is C24H34N4S. The number of allylic oxidation sites excluding steroid dienone is 3. The van der Waals surface area contributed by atoms with Gasteiger partial charge in [-0.25, -0.2) is 4.99 Å². The summed E-state index contributed by atoms with van der Waals surface area (Å²) in [6.07, 6.45) is 12.6. The van der Waals surface area contributed by atoms with Crippen LogP contribution in [-0.2, 0) is 0 Å². The number of hydrogen-bond donors (Lipinski definition) is 2. The molecular weight excluding hydrogens is 376 g/mol. The Bertz CT molecular complexity index is 811. The van der Waals surface area contributed by atoms with Crippen molar-refractivity contribution in [1.82, 2.24) is 15.5 Å². The molecule has 0 aromatic rings. The first-order valence-corrected chi connectivity index (χ1v) is 11.9. The molecule has 0 radical (unpaired) electrons. The van der Waals surface area contributed by atoms with E-state index in [1.54, 1.807) is 0 Å². The molecule has 0 spiro atoms. The predicted octanol–water partition coefficient (Wildman–Crippen LogP) is 5.91. The summed E-state index contributed by atoms with van der Waals surface area (Å²) in [5.74, 6) is 0. The van der Waals surface area contributed by atoms with E-state index in [-0.39, 0.29) is 0 Å². The van der Waals surface area contributed by atoms with E-state index in [1.807, 2.05) is 11.8 Å². The second-order valence-electron chi connectivity index (χ2n) is 8.58. The highest BCUT2D eigenvalue weighted by Gasteiger charge is 2.36. The first-order chi connectivity index (χ1) is 14.0. The number of nitrogens with one attached hydrogen (secondary N) is 2. The smallest absolute Gasteiger partial charge is 0.177 e. The molecule has 2 N–H and O–H groups in total. The first-order valence-electron chi connectivity index (χ1n) is 11.1. The lowest BCUT2D eigenvalue weighted by atomic mass is 9.95. The zero-order chi connectivity index (χ0) is 20.4. The lowest BCUT2D eigenvalue weighted by molar-refractivity contribution is 0.394. The molecule has 0 unspecified atom stereocenters. The van der Waals surface area contributed by atoms with Gasteiger partial charge in [-0.2, -0.15) is 0 Å². The lowest BCUT2D eigenvalue weighted by Gasteiger charge is -2.31. The predicted molar refractivity (Wildman–Crippen MR) is 125 cm³/mol. The minimum Gasteiger partial charge on any atom is -0.385 e. The Morgan fingerprint density at radius 2 is 1.83 bits per heavy atom. The van der Waals surface area contributed by atoms with Gasteiger partial charge in [0, 0.05) is 33.6 Å². The third kappa shape index (κ3) is 4.35. The second-order valence-corrected chi connectivity index (χ2v) is 9.65. The molecule has 0 atom stereocenters. The van der Waals surface area contributed by atoms with Gasteiger partial charge in [0.1, 0.15) is 0 Å². The number of rotatable bonds is 6. The van der Waals surface area contributed by atoms with E-state index in [0.717, 1.165) is 39.9 Å². The van der Waals surface area contributed by atoms with Crippen molar-refractivity contribution in [2.45, 2.75) is 77.2 Å². The lowest BCUT2D eigenvalue weighted by Crippen LogP contribution is -2.35. The molecule has 0 bridgehead atoms. The molecule has 156 valence electrons. The molecule has 0 aromatic heterocycles. The largest absolute Gasteiger partial charge is 0.385 e. The highest BCUT2D eigenvalue weighted by Crippen LogP contribution is 2.47. The number of hydrogen-bond acceptors (Lipinski definition) is 5. The van der Waals surface area contributed by atoms with Crippen molar-refractivity contribution in [3.05, 3.63) is 58.7 Å². The monoisotopic (exact) mass is 410 g/mol. The first kappa shape index (κ1) is 20.4. The summed E-state index contributed by atoms with van der Waals surface area (Å²) < 4.78 is 0. The highest BCUT2D eigenvalue weighted by atomic mass is 32.2. The maximum Gasteiger partial charge on any atom is 0.177 e. The normalized spacial score (nSPS) is 22.7. The molecule has 2 aliphatic carbocycles. The quantitative estimate of drug-likeness (QED) is 0.571. The Kier molecular flexibility index (Phi) is 6.23. The zero-order valence-corrected chi connectivity index (χ0v) is 18.6. The van der Waals surface area contributed by atoms with Crippen LogP contribution in [0.15, 0.2) is 63.7 Å². The molecule has 5 heteroatoms. The van der Waals surface area contributed by atoms with Crippen LogP contribution in [0.5, 0.6) is 0 Å². The van der Waals surface area contributed by atoms with E-state index >= 15 is 0 Å². The van der Waals surface area contributed by atoms with Gasteiger partial charge in [0.2, 0.25) is 0 Å². The Morgan fingerprint density at radius 1 is 1.10 bits per heavy atom. The average molecular weight is 411 g/mol. The van der Waals surface area contributed by atoms with Gasteiger partial charge in [-0.3, -0.25) is 4.90 Å². The summed E-state index contributed by atoms with van der Waals surface area (Å²) in [5.41, 5.74) is 6.38.